The average molecular weight is 292 g/mol. The van der Waals surface area contributed by atoms with Gasteiger partial charge in [-0.15, -0.1) is 0 Å². The van der Waals surface area contributed by atoms with Gasteiger partial charge >= 0.3 is 5.97 Å². The molecule has 0 aromatic rings. The van der Waals surface area contributed by atoms with Crippen molar-refractivity contribution in [2.24, 2.45) is 28.6 Å². The van der Waals surface area contributed by atoms with Gasteiger partial charge in [-0.3, -0.25) is 9.59 Å². The summed E-state index contributed by atoms with van der Waals surface area (Å²) in [5, 5.41) is 0. The van der Waals surface area contributed by atoms with Crippen molar-refractivity contribution in [1.29, 1.82) is 0 Å². The zero-order valence-electron chi connectivity index (χ0n) is 13.6. The fraction of sp³-hybridized carbons (Fsp3) is 0.889. The molecular formula is C18H28O3. The van der Waals surface area contributed by atoms with Crippen LogP contribution in [0.4, 0.5) is 0 Å². The number of hydrogen-bond donors (Lipinski definition) is 0. The van der Waals surface area contributed by atoms with Gasteiger partial charge in [0.05, 0.1) is 5.41 Å². The lowest BCUT2D eigenvalue weighted by atomic mass is 9.48. The predicted octanol–water partition coefficient (Wildman–Crippen LogP) is 3.75. The van der Waals surface area contributed by atoms with Crippen LogP contribution in [0, 0.1) is 28.6 Å². The molecule has 4 saturated carbocycles. The zero-order chi connectivity index (χ0) is 15.3. The summed E-state index contributed by atoms with van der Waals surface area (Å²) in [6, 6.07) is 0. The van der Waals surface area contributed by atoms with Gasteiger partial charge in [-0.1, -0.05) is 6.92 Å². The maximum absolute atomic E-state index is 12.7. The largest absolute Gasteiger partial charge is 0.457 e. The van der Waals surface area contributed by atoms with Gasteiger partial charge in [0.1, 0.15) is 0 Å². The molecule has 0 saturated heterocycles. The third-order valence-electron chi connectivity index (χ3n) is 6.40. The summed E-state index contributed by atoms with van der Waals surface area (Å²) in [4.78, 5) is 24.8. The van der Waals surface area contributed by atoms with E-state index in [1.807, 2.05) is 20.8 Å². The minimum atomic E-state index is -0.484. The van der Waals surface area contributed by atoms with Crippen LogP contribution in [0.2, 0.25) is 0 Å². The van der Waals surface area contributed by atoms with Gasteiger partial charge in [-0.25, -0.2) is 0 Å². The molecule has 21 heavy (non-hydrogen) atoms. The van der Waals surface area contributed by atoms with E-state index >= 15 is 0 Å². The molecule has 0 unspecified atom stereocenters. The van der Waals surface area contributed by atoms with E-state index in [9.17, 15) is 9.59 Å². The summed E-state index contributed by atoms with van der Waals surface area (Å²) in [6.45, 7) is 5.73. The Morgan fingerprint density at radius 2 is 1.52 bits per heavy atom. The highest BCUT2D eigenvalue weighted by molar-refractivity contribution is 5.88. The quantitative estimate of drug-likeness (QED) is 0.725. The summed E-state index contributed by atoms with van der Waals surface area (Å²) in [5.74, 6) is 2.22. The molecule has 0 spiro atoms. The standard InChI is InChI=1S/C18H28O3/c1-4-17(2,3)16(20)21-11-15(19)18-8-12-5-13(9-18)7-14(6-12)10-18/h12-14H,4-11H2,1-3H3. The van der Waals surface area contributed by atoms with Crippen molar-refractivity contribution < 1.29 is 14.3 Å². The number of rotatable bonds is 5. The second-order valence-electron chi connectivity index (χ2n) is 8.43. The molecule has 0 amide bonds. The summed E-state index contributed by atoms with van der Waals surface area (Å²) in [6.07, 6.45) is 7.86. The fourth-order valence-electron chi connectivity index (χ4n) is 5.08. The Balaban J connectivity index is 1.62. The third-order valence-corrected chi connectivity index (χ3v) is 6.40. The number of carbonyl (C=O) groups excluding carboxylic acids is 2. The molecule has 0 N–H and O–H groups in total. The minimum absolute atomic E-state index is 0.00553. The summed E-state index contributed by atoms with van der Waals surface area (Å²) in [7, 11) is 0. The predicted molar refractivity (Wildman–Crippen MR) is 80.6 cm³/mol. The van der Waals surface area contributed by atoms with Crippen LogP contribution in [0.3, 0.4) is 0 Å². The normalized spacial score (nSPS) is 37.6. The van der Waals surface area contributed by atoms with E-state index in [1.165, 1.54) is 19.3 Å². The molecular weight excluding hydrogens is 264 g/mol. The molecule has 3 nitrogen and oxygen atoms in total. The summed E-state index contributed by atoms with van der Waals surface area (Å²) in [5.41, 5.74) is -0.632. The Hall–Kier alpha value is -0.860. The molecule has 4 rings (SSSR count). The van der Waals surface area contributed by atoms with Crippen molar-refractivity contribution in [3.05, 3.63) is 0 Å². The first-order valence-corrected chi connectivity index (χ1v) is 8.55. The first-order chi connectivity index (χ1) is 9.84. The Labute approximate surface area is 127 Å². The summed E-state index contributed by atoms with van der Waals surface area (Å²) < 4.78 is 5.36. The van der Waals surface area contributed by atoms with E-state index in [-0.39, 0.29) is 23.8 Å². The molecule has 0 atom stereocenters. The van der Waals surface area contributed by atoms with Crippen LogP contribution >= 0.6 is 0 Å². The maximum Gasteiger partial charge on any atom is 0.311 e. The number of esters is 1. The lowest BCUT2D eigenvalue weighted by molar-refractivity contribution is -0.163. The van der Waals surface area contributed by atoms with Crippen LogP contribution in [0.15, 0.2) is 0 Å². The second kappa shape index (κ2) is 5.10. The summed E-state index contributed by atoms with van der Waals surface area (Å²) >= 11 is 0. The van der Waals surface area contributed by atoms with E-state index in [2.05, 4.69) is 0 Å². The van der Waals surface area contributed by atoms with Crippen molar-refractivity contribution in [1.82, 2.24) is 0 Å². The zero-order valence-corrected chi connectivity index (χ0v) is 13.6. The Morgan fingerprint density at radius 1 is 1.05 bits per heavy atom. The Kier molecular flexibility index (Phi) is 3.66. The van der Waals surface area contributed by atoms with E-state index in [0.717, 1.165) is 43.4 Å². The number of ether oxygens (including phenoxy) is 1. The highest BCUT2D eigenvalue weighted by Crippen LogP contribution is 2.60. The van der Waals surface area contributed by atoms with E-state index in [0.29, 0.717) is 0 Å². The smallest absolute Gasteiger partial charge is 0.311 e. The average Bonchev–Trinajstić information content (AvgIpc) is 2.42. The van der Waals surface area contributed by atoms with Crippen molar-refractivity contribution in [2.75, 3.05) is 6.61 Å². The van der Waals surface area contributed by atoms with Crippen LogP contribution in [0.5, 0.6) is 0 Å². The van der Waals surface area contributed by atoms with Crippen molar-refractivity contribution in [2.45, 2.75) is 65.7 Å². The number of hydrogen-bond acceptors (Lipinski definition) is 3. The Morgan fingerprint density at radius 3 is 1.95 bits per heavy atom. The van der Waals surface area contributed by atoms with E-state index < -0.39 is 5.41 Å². The number of Topliss-reactive ketones (excluding diaryl/α,β-unsaturated/α-hetero) is 1. The van der Waals surface area contributed by atoms with Crippen LogP contribution in [-0.4, -0.2) is 18.4 Å². The first kappa shape index (κ1) is 15.1. The third kappa shape index (κ3) is 2.64. The van der Waals surface area contributed by atoms with Crippen LogP contribution in [0.25, 0.3) is 0 Å². The topological polar surface area (TPSA) is 43.4 Å². The van der Waals surface area contributed by atoms with Gasteiger partial charge in [-0.2, -0.15) is 0 Å². The van der Waals surface area contributed by atoms with Crippen LogP contribution in [0.1, 0.15) is 65.7 Å². The van der Waals surface area contributed by atoms with Gasteiger partial charge < -0.3 is 4.74 Å². The minimum Gasteiger partial charge on any atom is -0.457 e. The molecule has 3 heteroatoms. The highest BCUT2D eigenvalue weighted by atomic mass is 16.5. The van der Waals surface area contributed by atoms with E-state index in [4.69, 9.17) is 4.74 Å². The van der Waals surface area contributed by atoms with Crippen molar-refractivity contribution >= 4 is 11.8 Å². The first-order valence-electron chi connectivity index (χ1n) is 8.55. The Bertz CT molecular complexity index is 414. The molecule has 0 aromatic heterocycles. The number of carbonyl (C=O) groups is 2. The van der Waals surface area contributed by atoms with Crippen LogP contribution in [-0.2, 0) is 14.3 Å². The lowest BCUT2D eigenvalue weighted by Gasteiger charge is -2.55. The molecule has 4 fully saturated rings. The van der Waals surface area contributed by atoms with Crippen molar-refractivity contribution in [3.8, 4) is 0 Å². The van der Waals surface area contributed by atoms with Crippen LogP contribution < -0.4 is 0 Å². The van der Waals surface area contributed by atoms with E-state index in [1.54, 1.807) is 0 Å². The van der Waals surface area contributed by atoms with Gasteiger partial charge in [0.15, 0.2) is 12.4 Å². The number of ketones is 1. The monoisotopic (exact) mass is 292 g/mol. The van der Waals surface area contributed by atoms with Gasteiger partial charge in [-0.05, 0) is 76.5 Å². The molecule has 0 aliphatic heterocycles. The molecule has 4 bridgehead atoms. The highest BCUT2D eigenvalue weighted by Gasteiger charge is 2.54. The van der Waals surface area contributed by atoms with Gasteiger partial charge in [0.2, 0.25) is 0 Å². The van der Waals surface area contributed by atoms with Gasteiger partial charge in [0, 0.05) is 5.41 Å². The molecule has 118 valence electrons. The molecule has 0 aromatic carbocycles. The fourth-order valence-corrected chi connectivity index (χ4v) is 5.08. The molecule has 4 aliphatic rings. The SMILES string of the molecule is CCC(C)(C)C(=O)OCC(=O)C12CC3CC(CC(C3)C1)C2. The maximum atomic E-state index is 12.7. The van der Waals surface area contributed by atoms with Crippen molar-refractivity contribution in [3.63, 3.8) is 0 Å². The van der Waals surface area contributed by atoms with Gasteiger partial charge in [0.25, 0.3) is 0 Å². The molecule has 4 aliphatic carbocycles. The molecule has 0 radical (unpaired) electrons. The molecule has 0 heterocycles. The lowest BCUT2D eigenvalue weighted by Crippen LogP contribution is -2.51. The second-order valence-corrected chi connectivity index (χ2v) is 8.43.